The smallest absolute Gasteiger partial charge is 0.130 e. The number of H-pyrrole nitrogens is 1. The number of nitrogens with one attached hydrogen (secondary N) is 1. The molecule has 0 aliphatic carbocycles. The van der Waals surface area contributed by atoms with Gasteiger partial charge in [0.25, 0.3) is 0 Å². The first-order valence-electron chi connectivity index (χ1n) is 4.82. The Labute approximate surface area is 87.0 Å². The van der Waals surface area contributed by atoms with Crippen LogP contribution in [0.1, 0.15) is 19.2 Å². The lowest BCUT2D eigenvalue weighted by molar-refractivity contribution is -0.117. The summed E-state index contributed by atoms with van der Waals surface area (Å²) in [6.45, 7) is 1.56. The summed E-state index contributed by atoms with van der Waals surface area (Å²) in [5, 5.41) is 9.26. The Bertz CT molecular complexity index is 502. The minimum Gasteiger partial charge on any atom is -0.508 e. The molecule has 0 amide bonds. The molecule has 4 heteroatoms. The van der Waals surface area contributed by atoms with Crippen molar-refractivity contribution in [1.29, 1.82) is 0 Å². The van der Waals surface area contributed by atoms with Gasteiger partial charge in [0.15, 0.2) is 0 Å². The van der Waals surface area contributed by atoms with E-state index in [4.69, 9.17) is 0 Å². The largest absolute Gasteiger partial charge is 0.508 e. The molecule has 0 spiro atoms. The van der Waals surface area contributed by atoms with Gasteiger partial charge in [0.1, 0.15) is 17.4 Å². The summed E-state index contributed by atoms with van der Waals surface area (Å²) < 4.78 is 0. The molecule has 0 aliphatic rings. The molecule has 0 saturated heterocycles. The quantitative estimate of drug-likeness (QED) is 0.801. The molecular formula is C11H12N2O2. The third kappa shape index (κ3) is 2.15. The van der Waals surface area contributed by atoms with Crippen LogP contribution in [0.15, 0.2) is 18.2 Å². The molecule has 15 heavy (non-hydrogen) atoms. The Morgan fingerprint density at radius 3 is 3.07 bits per heavy atom. The molecular weight excluding hydrogens is 192 g/mol. The van der Waals surface area contributed by atoms with Gasteiger partial charge in [-0.15, -0.1) is 0 Å². The van der Waals surface area contributed by atoms with Crippen molar-refractivity contribution in [3.8, 4) is 5.75 Å². The molecule has 0 bridgehead atoms. The van der Waals surface area contributed by atoms with E-state index in [2.05, 4.69) is 9.97 Å². The zero-order valence-corrected chi connectivity index (χ0v) is 8.45. The van der Waals surface area contributed by atoms with Crippen LogP contribution in [0.3, 0.4) is 0 Å². The number of carbonyl (C=O) groups is 1. The minimum absolute atomic E-state index is 0.151. The molecule has 78 valence electrons. The Hall–Kier alpha value is -1.84. The average molecular weight is 204 g/mol. The van der Waals surface area contributed by atoms with Gasteiger partial charge in [0.05, 0.1) is 11.0 Å². The van der Waals surface area contributed by atoms with Crippen LogP contribution in [0.25, 0.3) is 11.0 Å². The van der Waals surface area contributed by atoms with Crippen molar-refractivity contribution in [3.05, 3.63) is 24.0 Å². The third-order valence-electron chi connectivity index (χ3n) is 2.23. The number of aryl methyl sites for hydroxylation is 1. The maximum absolute atomic E-state index is 10.8. The van der Waals surface area contributed by atoms with Crippen LogP contribution in [-0.4, -0.2) is 20.9 Å². The van der Waals surface area contributed by atoms with E-state index in [-0.39, 0.29) is 11.5 Å². The number of imidazole rings is 1. The zero-order valence-electron chi connectivity index (χ0n) is 8.45. The molecule has 0 fully saturated rings. The van der Waals surface area contributed by atoms with Gasteiger partial charge in [-0.3, -0.25) is 0 Å². The fraction of sp³-hybridized carbons (Fsp3) is 0.273. The van der Waals surface area contributed by atoms with Gasteiger partial charge in [-0.2, -0.15) is 0 Å². The third-order valence-corrected chi connectivity index (χ3v) is 2.23. The molecule has 2 aromatic rings. The van der Waals surface area contributed by atoms with E-state index in [1.165, 1.54) is 0 Å². The van der Waals surface area contributed by atoms with Crippen molar-refractivity contribution in [2.45, 2.75) is 19.8 Å². The lowest BCUT2D eigenvalue weighted by atomic mass is 10.2. The standard InChI is InChI=1S/C11H12N2O2/c1-7(14)2-5-11-12-9-4-3-8(15)6-10(9)13-11/h3-4,6,15H,2,5H2,1H3,(H,12,13). The van der Waals surface area contributed by atoms with Crippen molar-refractivity contribution in [2.24, 2.45) is 0 Å². The highest BCUT2D eigenvalue weighted by Gasteiger charge is 2.04. The highest BCUT2D eigenvalue weighted by molar-refractivity contribution is 5.77. The van der Waals surface area contributed by atoms with Gasteiger partial charge in [0.2, 0.25) is 0 Å². The van der Waals surface area contributed by atoms with E-state index in [9.17, 15) is 9.90 Å². The van der Waals surface area contributed by atoms with E-state index in [1.54, 1.807) is 25.1 Å². The summed E-state index contributed by atoms with van der Waals surface area (Å²) in [6, 6.07) is 4.97. The van der Waals surface area contributed by atoms with Crippen LogP contribution in [0, 0.1) is 0 Å². The zero-order chi connectivity index (χ0) is 10.8. The van der Waals surface area contributed by atoms with Gasteiger partial charge in [-0.1, -0.05) is 0 Å². The van der Waals surface area contributed by atoms with Crippen LogP contribution in [0.4, 0.5) is 0 Å². The number of aromatic amines is 1. The molecule has 1 aromatic heterocycles. The fourth-order valence-corrected chi connectivity index (χ4v) is 1.46. The second-order valence-corrected chi connectivity index (χ2v) is 3.59. The Balaban J connectivity index is 2.27. The van der Waals surface area contributed by atoms with Crippen molar-refractivity contribution in [3.63, 3.8) is 0 Å². The highest BCUT2D eigenvalue weighted by atomic mass is 16.3. The number of hydrogen-bond donors (Lipinski definition) is 2. The molecule has 4 nitrogen and oxygen atoms in total. The number of hydrogen-bond acceptors (Lipinski definition) is 3. The monoisotopic (exact) mass is 204 g/mol. The van der Waals surface area contributed by atoms with Crippen LogP contribution in [-0.2, 0) is 11.2 Å². The van der Waals surface area contributed by atoms with Crippen LogP contribution >= 0.6 is 0 Å². The van der Waals surface area contributed by atoms with Crippen LogP contribution < -0.4 is 0 Å². The SMILES string of the molecule is CC(=O)CCc1nc2ccc(O)cc2[nH]1. The maximum atomic E-state index is 10.8. The Morgan fingerprint density at radius 2 is 2.33 bits per heavy atom. The van der Waals surface area contributed by atoms with Crippen molar-refractivity contribution in [1.82, 2.24) is 9.97 Å². The van der Waals surface area contributed by atoms with Crippen molar-refractivity contribution >= 4 is 16.8 Å². The first-order chi connectivity index (χ1) is 7.15. The molecule has 0 unspecified atom stereocenters. The number of rotatable bonds is 3. The number of phenols is 1. The van der Waals surface area contributed by atoms with E-state index in [0.717, 1.165) is 16.9 Å². The number of ketones is 1. The van der Waals surface area contributed by atoms with Crippen molar-refractivity contribution in [2.75, 3.05) is 0 Å². The van der Waals surface area contributed by atoms with Gasteiger partial charge in [-0.25, -0.2) is 4.98 Å². The highest BCUT2D eigenvalue weighted by Crippen LogP contribution is 2.17. The lowest BCUT2D eigenvalue weighted by Gasteiger charge is -1.91. The predicted molar refractivity (Wildman–Crippen MR) is 56.8 cm³/mol. The average Bonchev–Trinajstić information content (AvgIpc) is 2.56. The molecule has 2 N–H and O–H groups in total. The van der Waals surface area contributed by atoms with E-state index in [1.807, 2.05) is 0 Å². The number of Topliss-reactive ketones (excluding diaryl/α,β-unsaturated/α-hetero) is 1. The molecule has 0 atom stereocenters. The number of fused-ring (bicyclic) bond motifs is 1. The summed E-state index contributed by atoms with van der Waals surface area (Å²) in [7, 11) is 0. The number of benzene rings is 1. The number of aromatic hydroxyl groups is 1. The number of carbonyl (C=O) groups excluding carboxylic acids is 1. The van der Waals surface area contributed by atoms with Gasteiger partial charge >= 0.3 is 0 Å². The van der Waals surface area contributed by atoms with Gasteiger partial charge in [0, 0.05) is 18.9 Å². The molecule has 1 heterocycles. The first kappa shape index (κ1) is 9.71. The van der Waals surface area contributed by atoms with Crippen LogP contribution in [0.2, 0.25) is 0 Å². The second-order valence-electron chi connectivity index (χ2n) is 3.59. The summed E-state index contributed by atoms with van der Waals surface area (Å²) in [4.78, 5) is 18.2. The van der Waals surface area contributed by atoms with Crippen LogP contribution in [0.5, 0.6) is 5.75 Å². The van der Waals surface area contributed by atoms with E-state index in [0.29, 0.717) is 12.8 Å². The number of nitrogens with zero attached hydrogens (tertiary/aromatic N) is 1. The normalized spacial score (nSPS) is 10.7. The topological polar surface area (TPSA) is 66.0 Å². The number of phenolic OH excluding ortho intramolecular Hbond substituents is 1. The van der Waals surface area contributed by atoms with E-state index >= 15 is 0 Å². The first-order valence-corrected chi connectivity index (χ1v) is 4.82. The van der Waals surface area contributed by atoms with Gasteiger partial charge in [-0.05, 0) is 19.1 Å². The molecule has 1 aromatic carbocycles. The molecule has 0 saturated carbocycles. The molecule has 0 radical (unpaired) electrons. The number of aromatic nitrogens is 2. The minimum atomic E-state index is 0.151. The van der Waals surface area contributed by atoms with E-state index < -0.39 is 0 Å². The fourth-order valence-electron chi connectivity index (χ4n) is 1.46. The summed E-state index contributed by atoms with van der Waals surface area (Å²) in [5.41, 5.74) is 1.61. The summed E-state index contributed by atoms with van der Waals surface area (Å²) in [6.07, 6.45) is 1.11. The molecule has 0 aliphatic heterocycles. The van der Waals surface area contributed by atoms with Gasteiger partial charge < -0.3 is 14.9 Å². The maximum Gasteiger partial charge on any atom is 0.130 e. The molecule has 2 rings (SSSR count). The van der Waals surface area contributed by atoms with Crippen molar-refractivity contribution < 1.29 is 9.90 Å². The predicted octanol–water partition coefficient (Wildman–Crippen LogP) is 1.79. The Morgan fingerprint density at radius 1 is 1.53 bits per heavy atom. The lowest BCUT2D eigenvalue weighted by Crippen LogP contribution is -1.95. The Kier molecular flexibility index (Phi) is 2.41. The summed E-state index contributed by atoms with van der Waals surface area (Å²) >= 11 is 0. The summed E-state index contributed by atoms with van der Waals surface area (Å²) in [5.74, 6) is 1.15. The second kappa shape index (κ2) is 3.73.